The normalized spacial score (nSPS) is 10.5. The van der Waals surface area contributed by atoms with E-state index in [1.54, 1.807) is 36.4 Å². The van der Waals surface area contributed by atoms with Gasteiger partial charge in [-0.25, -0.2) is 4.98 Å². The summed E-state index contributed by atoms with van der Waals surface area (Å²) in [6.45, 7) is 0. The molecule has 1 amide bonds. The second kappa shape index (κ2) is 8.14. The molecule has 0 spiro atoms. The van der Waals surface area contributed by atoms with Crippen LogP contribution in [0.1, 0.15) is 10.4 Å². The molecule has 1 aromatic heterocycles. The summed E-state index contributed by atoms with van der Waals surface area (Å²) in [4.78, 5) is 16.8. The number of nitrogens with one attached hydrogen (secondary N) is 1. The van der Waals surface area contributed by atoms with E-state index in [0.717, 1.165) is 0 Å². The molecule has 0 aliphatic carbocycles. The number of pyridine rings is 1. The molecule has 0 aliphatic heterocycles. The van der Waals surface area contributed by atoms with Gasteiger partial charge in [0.15, 0.2) is 0 Å². The van der Waals surface area contributed by atoms with Gasteiger partial charge >= 0.3 is 0 Å². The molecule has 1 heterocycles. The number of benzene rings is 2. The molecule has 3 aromatic rings. The summed E-state index contributed by atoms with van der Waals surface area (Å²) in [5.41, 5.74) is 0.553. The standard InChI is InChI=1S/C18H10Cl4N2O2/c19-10-3-5-11(6-4-10)26-18-12(2-1-7-23-18)17(25)24-16-9-14(21)13(20)8-15(16)22/h1-9H,(H,24,25). The Hall–Kier alpha value is -1.98. The van der Waals surface area contributed by atoms with Crippen molar-refractivity contribution in [3.8, 4) is 11.6 Å². The zero-order valence-corrected chi connectivity index (χ0v) is 16.0. The van der Waals surface area contributed by atoms with Gasteiger partial charge in [0.05, 0.1) is 20.8 Å². The number of hydrogen-bond acceptors (Lipinski definition) is 3. The fourth-order valence-corrected chi connectivity index (χ4v) is 2.79. The van der Waals surface area contributed by atoms with Crippen LogP contribution in [-0.4, -0.2) is 10.9 Å². The van der Waals surface area contributed by atoms with E-state index >= 15 is 0 Å². The average Bonchev–Trinajstić information content (AvgIpc) is 2.62. The van der Waals surface area contributed by atoms with Crippen LogP contribution in [0.4, 0.5) is 5.69 Å². The number of carbonyl (C=O) groups excluding carboxylic acids is 1. The zero-order valence-electron chi connectivity index (χ0n) is 13.0. The van der Waals surface area contributed by atoms with E-state index in [-0.39, 0.29) is 21.5 Å². The quantitative estimate of drug-likeness (QED) is 0.469. The lowest BCUT2D eigenvalue weighted by Gasteiger charge is -2.12. The average molecular weight is 428 g/mol. The van der Waals surface area contributed by atoms with E-state index in [2.05, 4.69) is 10.3 Å². The van der Waals surface area contributed by atoms with Crippen LogP contribution in [0.5, 0.6) is 11.6 Å². The SMILES string of the molecule is O=C(Nc1cc(Cl)c(Cl)cc1Cl)c1cccnc1Oc1ccc(Cl)cc1. The van der Waals surface area contributed by atoms with E-state index in [4.69, 9.17) is 51.1 Å². The third-order valence-electron chi connectivity index (χ3n) is 3.30. The Morgan fingerprint density at radius 1 is 0.923 bits per heavy atom. The molecule has 0 aliphatic rings. The third-order valence-corrected chi connectivity index (χ3v) is 4.59. The van der Waals surface area contributed by atoms with Crippen LogP contribution in [0.3, 0.4) is 0 Å². The van der Waals surface area contributed by atoms with Gasteiger partial charge in [-0.05, 0) is 48.5 Å². The van der Waals surface area contributed by atoms with Crippen LogP contribution in [0, 0.1) is 0 Å². The second-order valence-corrected chi connectivity index (χ2v) is 6.77. The molecule has 0 saturated heterocycles. The number of ether oxygens (including phenoxy) is 1. The lowest BCUT2D eigenvalue weighted by atomic mass is 10.2. The molecule has 2 aromatic carbocycles. The minimum absolute atomic E-state index is 0.142. The number of anilines is 1. The monoisotopic (exact) mass is 426 g/mol. The lowest BCUT2D eigenvalue weighted by Crippen LogP contribution is -2.14. The van der Waals surface area contributed by atoms with Crippen LogP contribution in [-0.2, 0) is 0 Å². The molecule has 0 fully saturated rings. The maximum absolute atomic E-state index is 12.6. The van der Waals surface area contributed by atoms with Gasteiger partial charge in [-0.1, -0.05) is 46.4 Å². The smallest absolute Gasteiger partial charge is 0.261 e. The minimum Gasteiger partial charge on any atom is -0.438 e. The largest absolute Gasteiger partial charge is 0.438 e. The van der Waals surface area contributed by atoms with Crippen molar-refractivity contribution >= 4 is 58.0 Å². The summed E-state index contributed by atoms with van der Waals surface area (Å²) in [6, 6.07) is 12.8. The van der Waals surface area contributed by atoms with Crippen LogP contribution in [0.25, 0.3) is 0 Å². The van der Waals surface area contributed by atoms with E-state index in [1.165, 1.54) is 18.3 Å². The highest BCUT2D eigenvalue weighted by atomic mass is 35.5. The van der Waals surface area contributed by atoms with Gasteiger partial charge in [-0.2, -0.15) is 0 Å². The Labute approximate surface area is 169 Å². The first-order chi connectivity index (χ1) is 12.4. The van der Waals surface area contributed by atoms with Gasteiger partial charge in [0.25, 0.3) is 5.91 Å². The predicted molar refractivity (Wildman–Crippen MR) is 105 cm³/mol. The first-order valence-corrected chi connectivity index (χ1v) is 8.79. The number of halogens is 4. The summed E-state index contributed by atoms with van der Waals surface area (Å²) in [5.74, 6) is 0.181. The fraction of sp³-hybridized carbons (Fsp3) is 0. The molecule has 0 bridgehead atoms. The number of rotatable bonds is 4. The molecule has 3 rings (SSSR count). The van der Waals surface area contributed by atoms with Crippen molar-refractivity contribution in [2.75, 3.05) is 5.32 Å². The highest BCUT2D eigenvalue weighted by Gasteiger charge is 2.16. The highest BCUT2D eigenvalue weighted by Crippen LogP contribution is 2.33. The van der Waals surface area contributed by atoms with Gasteiger partial charge in [0.1, 0.15) is 11.3 Å². The molecule has 1 N–H and O–H groups in total. The van der Waals surface area contributed by atoms with E-state index < -0.39 is 5.91 Å². The highest BCUT2D eigenvalue weighted by molar-refractivity contribution is 6.44. The van der Waals surface area contributed by atoms with Crippen molar-refractivity contribution in [1.29, 1.82) is 0 Å². The van der Waals surface area contributed by atoms with Gasteiger partial charge in [-0.15, -0.1) is 0 Å². The second-order valence-electron chi connectivity index (χ2n) is 5.11. The van der Waals surface area contributed by atoms with Gasteiger partial charge in [-0.3, -0.25) is 4.79 Å². The van der Waals surface area contributed by atoms with Crippen molar-refractivity contribution in [2.45, 2.75) is 0 Å². The Kier molecular flexibility index (Phi) is 5.89. The molecule has 0 radical (unpaired) electrons. The lowest BCUT2D eigenvalue weighted by molar-refractivity contribution is 0.102. The summed E-state index contributed by atoms with van der Waals surface area (Å²) in [6.07, 6.45) is 1.52. The summed E-state index contributed by atoms with van der Waals surface area (Å²) >= 11 is 23.8. The molecular weight excluding hydrogens is 418 g/mol. The molecule has 26 heavy (non-hydrogen) atoms. The summed E-state index contributed by atoms with van der Waals surface area (Å²) in [7, 11) is 0. The number of amides is 1. The van der Waals surface area contributed by atoms with Crippen LogP contribution >= 0.6 is 46.4 Å². The van der Waals surface area contributed by atoms with Crippen LogP contribution in [0.2, 0.25) is 20.1 Å². The van der Waals surface area contributed by atoms with E-state index in [0.29, 0.717) is 21.5 Å². The van der Waals surface area contributed by atoms with Crippen molar-refractivity contribution in [1.82, 2.24) is 4.98 Å². The van der Waals surface area contributed by atoms with Crippen molar-refractivity contribution in [3.63, 3.8) is 0 Å². The van der Waals surface area contributed by atoms with E-state index in [1.807, 2.05) is 0 Å². The number of nitrogens with zero attached hydrogens (tertiary/aromatic N) is 1. The molecule has 0 saturated carbocycles. The summed E-state index contributed by atoms with van der Waals surface area (Å²) < 4.78 is 5.69. The van der Waals surface area contributed by atoms with Crippen molar-refractivity contribution in [2.24, 2.45) is 0 Å². The number of aromatic nitrogens is 1. The van der Waals surface area contributed by atoms with Gasteiger partial charge < -0.3 is 10.1 Å². The number of carbonyl (C=O) groups is 1. The Balaban J connectivity index is 1.86. The fourth-order valence-electron chi connectivity index (χ4n) is 2.07. The van der Waals surface area contributed by atoms with Crippen molar-refractivity contribution < 1.29 is 9.53 Å². The molecule has 8 heteroatoms. The molecule has 4 nitrogen and oxygen atoms in total. The maximum atomic E-state index is 12.6. The zero-order chi connectivity index (χ0) is 18.7. The van der Waals surface area contributed by atoms with Crippen molar-refractivity contribution in [3.05, 3.63) is 80.4 Å². The first-order valence-electron chi connectivity index (χ1n) is 7.28. The topological polar surface area (TPSA) is 51.2 Å². The molecule has 132 valence electrons. The minimum atomic E-state index is -0.456. The maximum Gasteiger partial charge on any atom is 0.261 e. The van der Waals surface area contributed by atoms with E-state index in [9.17, 15) is 4.79 Å². The van der Waals surface area contributed by atoms with Crippen LogP contribution in [0.15, 0.2) is 54.7 Å². The summed E-state index contributed by atoms with van der Waals surface area (Å²) in [5, 5.41) is 4.08. The molecular formula is C18H10Cl4N2O2. The van der Waals surface area contributed by atoms with Gasteiger partial charge in [0.2, 0.25) is 5.88 Å². The van der Waals surface area contributed by atoms with Gasteiger partial charge in [0, 0.05) is 11.2 Å². The first kappa shape index (κ1) is 18.8. The number of hydrogen-bond donors (Lipinski definition) is 1. The molecule has 0 unspecified atom stereocenters. The Morgan fingerprint density at radius 2 is 1.62 bits per heavy atom. The predicted octanol–water partition coefficient (Wildman–Crippen LogP) is 6.74. The molecule has 0 atom stereocenters. The van der Waals surface area contributed by atoms with Crippen LogP contribution < -0.4 is 10.1 Å². The Bertz CT molecular complexity index is 962. The third kappa shape index (κ3) is 4.40. The Morgan fingerprint density at radius 3 is 2.35 bits per heavy atom.